The summed E-state index contributed by atoms with van der Waals surface area (Å²) in [6.07, 6.45) is -3.31. The lowest BCUT2D eigenvalue weighted by Gasteiger charge is -2.17. The lowest BCUT2D eigenvalue weighted by Crippen LogP contribution is -2.17. The number of nitrogens with zero attached hydrogens (tertiary/aromatic N) is 2. The van der Waals surface area contributed by atoms with Crippen LogP contribution in [0.25, 0.3) is 5.69 Å². The molecular formula is C14H12F3N3O2S. The van der Waals surface area contributed by atoms with Crippen molar-refractivity contribution in [2.24, 2.45) is 0 Å². The molecule has 2 heterocycles. The number of hydrogen-bond acceptors (Lipinski definition) is 4. The van der Waals surface area contributed by atoms with E-state index in [4.69, 9.17) is 4.74 Å². The molecule has 23 heavy (non-hydrogen) atoms. The Bertz CT molecular complexity index is 728. The van der Waals surface area contributed by atoms with E-state index >= 15 is 0 Å². The first-order chi connectivity index (χ1) is 10.9. The molecule has 1 N–H and O–H groups in total. The molecule has 0 fully saturated rings. The number of fused-ring (bicyclic) bond motifs is 1. The predicted octanol–water partition coefficient (Wildman–Crippen LogP) is 3.17. The minimum atomic E-state index is -4.46. The van der Waals surface area contributed by atoms with Gasteiger partial charge in [-0.25, -0.2) is 4.68 Å². The summed E-state index contributed by atoms with van der Waals surface area (Å²) in [4.78, 5) is 11.7. The molecule has 0 bridgehead atoms. The third-order valence-electron chi connectivity index (χ3n) is 3.33. The number of anilines is 1. The predicted molar refractivity (Wildman–Crippen MR) is 80.0 cm³/mol. The highest BCUT2D eigenvalue weighted by atomic mass is 32.2. The first kappa shape index (κ1) is 15.7. The molecule has 1 atom stereocenters. The third kappa shape index (κ3) is 3.00. The maximum atomic E-state index is 13.2. The number of ether oxygens (including phenoxy) is 1. The minimum Gasteiger partial charge on any atom is -0.497 e. The van der Waals surface area contributed by atoms with Crippen molar-refractivity contribution in [1.82, 2.24) is 9.78 Å². The SMILES string of the molecule is COc1ccc(-n2ncc3c2NC(=O)CSC3C(F)(F)F)cc1. The minimum absolute atomic E-state index is 0.0486. The molecule has 1 aromatic heterocycles. The van der Waals surface area contributed by atoms with Gasteiger partial charge >= 0.3 is 6.18 Å². The summed E-state index contributed by atoms with van der Waals surface area (Å²) in [6, 6.07) is 6.63. The molecule has 0 saturated carbocycles. The van der Waals surface area contributed by atoms with Gasteiger partial charge in [0.2, 0.25) is 5.91 Å². The van der Waals surface area contributed by atoms with Gasteiger partial charge in [-0.3, -0.25) is 4.79 Å². The quantitative estimate of drug-likeness (QED) is 0.910. The van der Waals surface area contributed by atoms with Crippen molar-refractivity contribution in [3.05, 3.63) is 36.0 Å². The second-order valence-corrected chi connectivity index (χ2v) is 5.93. The monoisotopic (exact) mass is 343 g/mol. The molecule has 122 valence electrons. The molecular weight excluding hydrogens is 331 g/mol. The Morgan fingerprint density at radius 1 is 1.35 bits per heavy atom. The molecule has 0 radical (unpaired) electrons. The summed E-state index contributed by atoms with van der Waals surface area (Å²) in [7, 11) is 1.51. The number of nitrogens with one attached hydrogen (secondary N) is 1. The Labute approximate surface area is 133 Å². The van der Waals surface area contributed by atoms with Gasteiger partial charge in [-0.1, -0.05) is 0 Å². The van der Waals surface area contributed by atoms with E-state index in [9.17, 15) is 18.0 Å². The number of methoxy groups -OCH3 is 1. The van der Waals surface area contributed by atoms with Crippen LogP contribution in [0, 0.1) is 0 Å². The number of thioether (sulfide) groups is 1. The Kier molecular flexibility index (Phi) is 3.97. The maximum Gasteiger partial charge on any atom is 0.404 e. The zero-order valence-corrected chi connectivity index (χ0v) is 12.7. The highest BCUT2D eigenvalue weighted by molar-refractivity contribution is 8.00. The van der Waals surface area contributed by atoms with E-state index in [1.807, 2.05) is 0 Å². The maximum absolute atomic E-state index is 13.2. The lowest BCUT2D eigenvalue weighted by atomic mass is 10.2. The van der Waals surface area contributed by atoms with Crippen LogP contribution < -0.4 is 10.1 Å². The van der Waals surface area contributed by atoms with E-state index in [1.165, 1.54) is 11.8 Å². The fourth-order valence-corrected chi connectivity index (χ4v) is 3.22. The standard InChI is InChI=1S/C14H12F3N3O2S/c1-22-9-4-2-8(3-5-9)20-13-10(6-18-20)12(14(15,16)17)23-7-11(21)19-13/h2-6,12H,7H2,1H3,(H,19,21). The summed E-state index contributed by atoms with van der Waals surface area (Å²) in [5.41, 5.74) is 0.476. The van der Waals surface area contributed by atoms with Gasteiger partial charge in [0.1, 0.15) is 16.8 Å². The van der Waals surface area contributed by atoms with Gasteiger partial charge in [0.05, 0.1) is 24.7 Å². The smallest absolute Gasteiger partial charge is 0.404 e. The normalized spacial score (nSPS) is 18.1. The summed E-state index contributed by atoms with van der Waals surface area (Å²) >= 11 is 0.546. The second kappa shape index (κ2) is 5.80. The van der Waals surface area contributed by atoms with Crippen molar-refractivity contribution in [2.75, 3.05) is 18.2 Å². The second-order valence-electron chi connectivity index (χ2n) is 4.84. The molecule has 3 rings (SSSR count). The van der Waals surface area contributed by atoms with Crippen LogP contribution in [0.2, 0.25) is 0 Å². The molecule has 1 aliphatic rings. The van der Waals surface area contributed by atoms with Crippen LogP contribution in [0.1, 0.15) is 10.8 Å². The molecule has 0 aliphatic carbocycles. The van der Waals surface area contributed by atoms with Crippen molar-refractivity contribution in [3.8, 4) is 11.4 Å². The molecule has 9 heteroatoms. The summed E-state index contributed by atoms with van der Waals surface area (Å²) in [5, 5.41) is 4.73. The third-order valence-corrected chi connectivity index (χ3v) is 4.62. The van der Waals surface area contributed by atoms with Gasteiger partial charge in [0.15, 0.2) is 0 Å². The molecule has 1 unspecified atom stereocenters. The number of hydrogen-bond donors (Lipinski definition) is 1. The molecule has 2 aromatic rings. The number of rotatable bonds is 2. The highest BCUT2D eigenvalue weighted by Gasteiger charge is 2.45. The van der Waals surface area contributed by atoms with Gasteiger partial charge in [0, 0.05) is 5.56 Å². The van der Waals surface area contributed by atoms with Crippen LogP contribution in [0.4, 0.5) is 19.0 Å². The van der Waals surface area contributed by atoms with Gasteiger partial charge in [-0.05, 0) is 24.3 Å². The summed E-state index contributed by atoms with van der Waals surface area (Å²) in [5.74, 6) is -0.0907. The van der Waals surface area contributed by atoms with E-state index in [-0.39, 0.29) is 17.1 Å². The largest absolute Gasteiger partial charge is 0.497 e. The van der Waals surface area contributed by atoms with E-state index < -0.39 is 17.3 Å². The van der Waals surface area contributed by atoms with Crippen LogP contribution in [0.15, 0.2) is 30.5 Å². The van der Waals surface area contributed by atoms with Crippen molar-refractivity contribution in [2.45, 2.75) is 11.4 Å². The van der Waals surface area contributed by atoms with Crippen LogP contribution in [-0.4, -0.2) is 34.7 Å². The molecule has 5 nitrogen and oxygen atoms in total. The van der Waals surface area contributed by atoms with Gasteiger partial charge < -0.3 is 10.1 Å². The van der Waals surface area contributed by atoms with Crippen molar-refractivity contribution in [1.29, 1.82) is 0 Å². The topological polar surface area (TPSA) is 56.1 Å². The van der Waals surface area contributed by atoms with Gasteiger partial charge in [-0.15, -0.1) is 11.8 Å². The van der Waals surface area contributed by atoms with Crippen LogP contribution in [0.3, 0.4) is 0 Å². The summed E-state index contributed by atoms with van der Waals surface area (Å²) in [6.45, 7) is 0. The molecule has 1 amide bonds. The van der Waals surface area contributed by atoms with Crippen LogP contribution in [-0.2, 0) is 4.79 Å². The zero-order chi connectivity index (χ0) is 16.6. The molecule has 1 aliphatic heterocycles. The van der Waals surface area contributed by atoms with Gasteiger partial charge in [0.25, 0.3) is 0 Å². The van der Waals surface area contributed by atoms with E-state index in [0.717, 1.165) is 6.20 Å². The Morgan fingerprint density at radius 3 is 2.65 bits per heavy atom. The highest BCUT2D eigenvalue weighted by Crippen LogP contribution is 2.47. The number of halogens is 3. The van der Waals surface area contributed by atoms with Crippen LogP contribution in [0.5, 0.6) is 5.75 Å². The van der Waals surface area contributed by atoms with E-state index in [1.54, 1.807) is 24.3 Å². The number of aromatic nitrogens is 2. The first-order valence-electron chi connectivity index (χ1n) is 6.60. The summed E-state index contributed by atoms with van der Waals surface area (Å²) < 4.78 is 46.0. The Morgan fingerprint density at radius 2 is 2.04 bits per heavy atom. The number of benzene rings is 1. The Hall–Kier alpha value is -2.16. The molecule has 1 aromatic carbocycles. The average molecular weight is 343 g/mol. The molecule has 0 saturated heterocycles. The van der Waals surface area contributed by atoms with E-state index in [2.05, 4.69) is 10.4 Å². The lowest BCUT2D eigenvalue weighted by molar-refractivity contribution is -0.129. The van der Waals surface area contributed by atoms with Gasteiger partial charge in [-0.2, -0.15) is 18.3 Å². The average Bonchev–Trinajstić information content (AvgIpc) is 2.81. The zero-order valence-electron chi connectivity index (χ0n) is 11.9. The fourth-order valence-electron chi connectivity index (χ4n) is 2.29. The molecule has 0 spiro atoms. The fraction of sp³-hybridized carbons (Fsp3) is 0.286. The van der Waals surface area contributed by atoms with E-state index in [0.29, 0.717) is 23.2 Å². The number of carbonyl (C=O) groups is 1. The Balaban J connectivity index is 2.07. The number of alkyl halides is 3. The number of amides is 1. The van der Waals surface area contributed by atoms with Crippen LogP contribution >= 0.6 is 11.8 Å². The van der Waals surface area contributed by atoms with Crippen molar-refractivity contribution < 1.29 is 22.7 Å². The van der Waals surface area contributed by atoms with Crippen molar-refractivity contribution >= 4 is 23.5 Å². The van der Waals surface area contributed by atoms with Crippen molar-refractivity contribution in [3.63, 3.8) is 0 Å². The first-order valence-corrected chi connectivity index (χ1v) is 7.65. The number of carbonyl (C=O) groups excluding carboxylic acids is 1.